The van der Waals surface area contributed by atoms with Crippen molar-refractivity contribution in [1.29, 1.82) is 0 Å². The van der Waals surface area contributed by atoms with E-state index in [-0.39, 0.29) is 0 Å². The fraction of sp³-hybridized carbons (Fsp3) is 0.667. The van der Waals surface area contributed by atoms with Gasteiger partial charge in [-0.25, -0.2) is 9.97 Å². The molecule has 4 heterocycles. The second-order valence-electron chi connectivity index (χ2n) is 7.06. The summed E-state index contributed by atoms with van der Waals surface area (Å²) in [5, 5.41) is 0. The summed E-state index contributed by atoms with van der Waals surface area (Å²) in [5.74, 6) is 1.92. The zero-order valence-corrected chi connectivity index (χ0v) is 13.9. The van der Waals surface area contributed by atoms with E-state index in [4.69, 9.17) is 9.72 Å². The SMILES string of the molecule is CN1CCCC(n2c(CC3CCOCC3)nc3cccnc32)C1. The van der Waals surface area contributed by atoms with Gasteiger partial charge in [-0.1, -0.05) is 0 Å². The van der Waals surface area contributed by atoms with Gasteiger partial charge in [0.15, 0.2) is 5.65 Å². The molecule has 0 saturated carbocycles. The number of rotatable bonds is 3. The minimum Gasteiger partial charge on any atom is -0.381 e. The molecule has 0 radical (unpaired) electrons. The number of pyridine rings is 1. The van der Waals surface area contributed by atoms with Crippen molar-refractivity contribution in [2.24, 2.45) is 5.92 Å². The van der Waals surface area contributed by atoms with Gasteiger partial charge in [-0.15, -0.1) is 0 Å². The Morgan fingerprint density at radius 3 is 2.96 bits per heavy atom. The number of hydrogen-bond acceptors (Lipinski definition) is 4. The molecule has 0 bridgehead atoms. The Hall–Kier alpha value is -1.46. The van der Waals surface area contributed by atoms with Gasteiger partial charge in [0.05, 0.1) is 0 Å². The third kappa shape index (κ3) is 3.12. The van der Waals surface area contributed by atoms with Crippen LogP contribution in [0, 0.1) is 5.92 Å². The number of piperidine rings is 1. The molecule has 2 fully saturated rings. The summed E-state index contributed by atoms with van der Waals surface area (Å²) in [7, 11) is 2.22. The summed E-state index contributed by atoms with van der Waals surface area (Å²) in [6, 6.07) is 4.59. The lowest BCUT2D eigenvalue weighted by atomic mass is 9.96. The Bertz CT molecular complexity index is 662. The smallest absolute Gasteiger partial charge is 0.160 e. The maximum absolute atomic E-state index is 5.51. The largest absolute Gasteiger partial charge is 0.381 e. The monoisotopic (exact) mass is 314 g/mol. The van der Waals surface area contributed by atoms with Gasteiger partial charge >= 0.3 is 0 Å². The molecule has 5 heteroatoms. The number of likely N-dealkylation sites (tertiary alicyclic amines) is 1. The summed E-state index contributed by atoms with van der Waals surface area (Å²) in [6.45, 7) is 4.10. The van der Waals surface area contributed by atoms with Gasteiger partial charge in [-0.05, 0) is 57.3 Å². The van der Waals surface area contributed by atoms with Crippen LogP contribution in [0.1, 0.15) is 37.5 Å². The molecule has 5 nitrogen and oxygen atoms in total. The van der Waals surface area contributed by atoms with E-state index in [9.17, 15) is 0 Å². The molecule has 1 atom stereocenters. The third-order valence-electron chi connectivity index (χ3n) is 5.30. The predicted molar refractivity (Wildman–Crippen MR) is 90.5 cm³/mol. The Labute approximate surface area is 137 Å². The van der Waals surface area contributed by atoms with Crippen molar-refractivity contribution in [3.8, 4) is 0 Å². The van der Waals surface area contributed by atoms with Gasteiger partial charge in [-0.3, -0.25) is 0 Å². The highest BCUT2D eigenvalue weighted by atomic mass is 16.5. The van der Waals surface area contributed by atoms with E-state index in [1.165, 1.54) is 25.2 Å². The van der Waals surface area contributed by atoms with E-state index in [1.54, 1.807) is 0 Å². The fourth-order valence-corrected chi connectivity index (χ4v) is 4.06. The van der Waals surface area contributed by atoms with E-state index in [0.29, 0.717) is 12.0 Å². The van der Waals surface area contributed by atoms with E-state index >= 15 is 0 Å². The first-order chi connectivity index (χ1) is 11.3. The van der Waals surface area contributed by atoms with Crippen molar-refractivity contribution in [1.82, 2.24) is 19.4 Å². The number of imidazole rings is 1. The summed E-state index contributed by atoms with van der Waals surface area (Å²) < 4.78 is 7.96. The van der Waals surface area contributed by atoms with Crippen LogP contribution in [0.3, 0.4) is 0 Å². The molecule has 1 unspecified atom stereocenters. The molecular formula is C18H26N4O. The minimum atomic E-state index is 0.503. The van der Waals surface area contributed by atoms with Gasteiger partial charge in [0.25, 0.3) is 0 Å². The Morgan fingerprint density at radius 2 is 2.13 bits per heavy atom. The average Bonchev–Trinajstić information content (AvgIpc) is 2.93. The van der Waals surface area contributed by atoms with Crippen LogP contribution in [0.2, 0.25) is 0 Å². The first-order valence-electron chi connectivity index (χ1n) is 8.89. The second-order valence-corrected chi connectivity index (χ2v) is 7.06. The van der Waals surface area contributed by atoms with E-state index in [1.807, 2.05) is 12.3 Å². The van der Waals surface area contributed by atoms with Gasteiger partial charge < -0.3 is 14.2 Å². The highest BCUT2D eigenvalue weighted by molar-refractivity contribution is 5.71. The summed E-state index contributed by atoms with van der Waals surface area (Å²) in [5.41, 5.74) is 2.11. The number of ether oxygens (including phenoxy) is 1. The Kier molecular flexibility index (Phi) is 4.31. The van der Waals surface area contributed by atoms with Crippen LogP contribution in [0.4, 0.5) is 0 Å². The van der Waals surface area contributed by atoms with Gasteiger partial charge in [0.1, 0.15) is 11.3 Å². The van der Waals surface area contributed by atoms with Gasteiger partial charge in [0.2, 0.25) is 0 Å². The molecule has 2 aromatic heterocycles. The zero-order valence-electron chi connectivity index (χ0n) is 13.9. The number of hydrogen-bond donors (Lipinski definition) is 0. The highest BCUT2D eigenvalue weighted by Crippen LogP contribution is 2.29. The van der Waals surface area contributed by atoms with Crippen molar-refractivity contribution >= 4 is 11.2 Å². The van der Waals surface area contributed by atoms with Crippen molar-refractivity contribution in [2.45, 2.75) is 38.1 Å². The molecule has 2 aliphatic heterocycles. The van der Waals surface area contributed by atoms with Crippen molar-refractivity contribution in [2.75, 3.05) is 33.4 Å². The van der Waals surface area contributed by atoms with Crippen LogP contribution >= 0.6 is 0 Å². The number of likely N-dealkylation sites (N-methyl/N-ethyl adjacent to an activating group) is 1. The molecule has 2 aliphatic rings. The molecule has 2 saturated heterocycles. The van der Waals surface area contributed by atoms with E-state index in [2.05, 4.69) is 27.6 Å². The van der Waals surface area contributed by atoms with Crippen molar-refractivity contribution in [3.05, 3.63) is 24.2 Å². The second kappa shape index (κ2) is 6.57. The molecule has 0 amide bonds. The van der Waals surface area contributed by atoms with Crippen LogP contribution in [-0.4, -0.2) is 52.8 Å². The van der Waals surface area contributed by atoms with Crippen LogP contribution in [0.15, 0.2) is 18.3 Å². The summed E-state index contributed by atoms with van der Waals surface area (Å²) in [4.78, 5) is 12.0. The van der Waals surface area contributed by atoms with Crippen LogP contribution in [0.5, 0.6) is 0 Å². The lowest BCUT2D eigenvalue weighted by Gasteiger charge is -2.32. The normalized spacial score (nSPS) is 24.3. The van der Waals surface area contributed by atoms with E-state index in [0.717, 1.165) is 50.2 Å². The van der Waals surface area contributed by atoms with Gasteiger partial charge in [0, 0.05) is 38.4 Å². The number of fused-ring (bicyclic) bond motifs is 1. The lowest BCUT2D eigenvalue weighted by molar-refractivity contribution is 0.0655. The summed E-state index contributed by atoms with van der Waals surface area (Å²) in [6.07, 6.45) is 7.74. The predicted octanol–water partition coefficient (Wildman–Crippen LogP) is 2.67. The van der Waals surface area contributed by atoms with Crippen molar-refractivity contribution < 1.29 is 4.74 Å². The molecule has 0 aromatic carbocycles. The minimum absolute atomic E-state index is 0.503. The van der Waals surface area contributed by atoms with Crippen LogP contribution in [-0.2, 0) is 11.2 Å². The molecule has 0 spiro atoms. The Morgan fingerprint density at radius 1 is 1.26 bits per heavy atom. The summed E-state index contributed by atoms with van der Waals surface area (Å²) >= 11 is 0. The molecule has 2 aromatic rings. The number of nitrogens with zero attached hydrogens (tertiary/aromatic N) is 4. The molecule has 124 valence electrons. The molecule has 23 heavy (non-hydrogen) atoms. The molecular weight excluding hydrogens is 288 g/mol. The van der Waals surface area contributed by atoms with Gasteiger partial charge in [-0.2, -0.15) is 0 Å². The van der Waals surface area contributed by atoms with Crippen molar-refractivity contribution in [3.63, 3.8) is 0 Å². The molecule has 4 rings (SSSR count). The highest BCUT2D eigenvalue weighted by Gasteiger charge is 2.26. The first kappa shape index (κ1) is 15.1. The molecule has 0 aliphatic carbocycles. The average molecular weight is 314 g/mol. The topological polar surface area (TPSA) is 43.2 Å². The zero-order chi connectivity index (χ0) is 15.6. The first-order valence-corrected chi connectivity index (χ1v) is 8.89. The maximum atomic E-state index is 5.51. The Balaban J connectivity index is 1.68. The van der Waals surface area contributed by atoms with E-state index < -0.39 is 0 Å². The number of aromatic nitrogens is 3. The van der Waals surface area contributed by atoms with Crippen LogP contribution < -0.4 is 0 Å². The standard InChI is InChI=1S/C18H26N4O/c1-21-9-3-4-15(13-21)22-17(12-14-6-10-23-11-7-14)20-16-5-2-8-19-18(16)22/h2,5,8,14-15H,3-4,6-7,9-13H2,1H3. The third-order valence-corrected chi connectivity index (χ3v) is 5.30. The fourth-order valence-electron chi connectivity index (χ4n) is 4.06. The maximum Gasteiger partial charge on any atom is 0.160 e. The quantitative estimate of drug-likeness (QED) is 0.873. The molecule has 0 N–H and O–H groups in total. The van der Waals surface area contributed by atoms with Crippen LogP contribution in [0.25, 0.3) is 11.2 Å². The lowest BCUT2D eigenvalue weighted by Crippen LogP contribution is -2.34.